The van der Waals surface area contributed by atoms with E-state index >= 15 is 0 Å². The van der Waals surface area contributed by atoms with Crippen molar-refractivity contribution in [2.45, 2.75) is 23.6 Å². The predicted octanol–water partition coefficient (Wildman–Crippen LogP) is 2.32. The molecular formula is C12H12F3N3S. The lowest BCUT2D eigenvalue weighted by Gasteiger charge is -2.29. The summed E-state index contributed by atoms with van der Waals surface area (Å²) in [5, 5.41) is -0.876. The highest BCUT2D eigenvalue weighted by atomic mass is 32.2. The topological polar surface area (TPSA) is 64.4 Å². The van der Waals surface area contributed by atoms with E-state index in [4.69, 9.17) is 11.5 Å². The van der Waals surface area contributed by atoms with E-state index in [-0.39, 0.29) is 10.7 Å². The Morgan fingerprint density at radius 3 is 2.68 bits per heavy atom. The van der Waals surface area contributed by atoms with Crippen molar-refractivity contribution in [3.63, 3.8) is 0 Å². The summed E-state index contributed by atoms with van der Waals surface area (Å²) in [6, 6.07) is 3.90. The summed E-state index contributed by atoms with van der Waals surface area (Å²) in [6.45, 7) is 1.48. The van der Waals surface area contributed by atoms with Crippen molar-refractivity contribution in [1.82, 2.24) is 0 Å². The van der Waals surface area contributed by atoms with Gasteiger partial charge >= 0.3 is 0 Å². The molecule has 1 unspecified atom stereocenters. The van der Waals surface area contributed by atoms with E-state index in [1.807, 2.05) is 0 Å². The Morgan fingerprint density at radius 1 is 1.32 bits per heavy atom. The Hall–Kier alpha value is -1.37. The molecule has 0 aromatic heterocycles. The number of nitrogens with zero attached hydrogens (tertiary/aromatic N) is 1. The average molecular weight is 287 g/mol. The van der Waals surface area contributed by atoms with Crippen LogP contribution in [0.5, 0.6) is 0 Å². The van der Waals surface area contributed by atoms with Crippen LogP contribution in [-0.4, -0.2) is 16.3 Å². The zero-order valence-electron chi connectivity index (χ0n) is 10.0. The summed E-state index contributed by atoms with van der Waals surface area (Å²) in [5.74, 6) is -4.53. The van der Waals surface area contributed by atoms with E-state index in [0.29, 0.717) is 5.69 Å². The molecule has 1 aliphatic carbocycles. The zero-order valence-corrected chi connectivity index (χ0v) is 10.8. The van der Waals surface area contributed by atoms with Crippen LogP contribution < -0.4 is 11.5 Å². The van der Waals surface area contributed by atoms with Gasteiger partial charge in [-0.1, -0.05) is 11.8 Å². The number of aliphatic imine (C=N–C) groups is 1. The Bertz CT molecular complexity index is 590. The van der Waals surface area contributed by atoms with Crippen LogP contribution in [0.1, 0.15) is 12.5 Å². The fraction of sp³-hybridized carbons (Fsp3) is 0.417. The number of anilines is 1. The minimum absolute atomic E-state index is 0.0581. The molecule has 0 amide bonds. The molecule has 7 heteroatoms. The standard InChI is InChI=1S/C12H12F3N3S/c1-11(6-4-5(16)2-3-7(6)13)8-9(12(8,14)15)19-10(17)18-11/h2-4,8-9H,16H2,1H3,(H2,17,18)/t8?,9-,11-/m1/s1. The number of hydrogen-bond donors (Lipinski definition) is 2. The smallest absolute Gasteiger partial charge is 0.267 e. The summed E-state index contributed by atoms with van der Waals surface area (Å²) in [4.78, 5) is 4.09. The van der Waals surface area contributed by atoms with E-state index in [9.17, 15) is 13.2 Å². The van der Waals surface area contributed by atoms with E-state index in [1.54, 1.807) is 0 Å². The molecule has 1 saturated carbocycles. The van der Waals surface area contributed by atoms with E-state index in [0.717, 1.165) is 11.8 Å². The lowest BCUT2D eigenvalue weighted by Crippen LogP contribution is -2.32. The highest BCUT2D eigenvalue weighted by Gasteiger charge is 2.77. The Balaban J connectivity index is 2.16. The van der Waals surface area contributed by atoms with Crippen LogP contribution in [0.15, 0.2) is 23.2 Å². The molecule has 1 aliphatic heterocycles. The Morgan fingerprint density at radius 2 is 2.00 bits per heavy atom. The van der Waals surface area contributed by atoms with Crippen molar-refractivity contribution in [2.75, 3.05) is 5.73 Å². The van der Waals surface area contributed by atoms with Crippen molar-refractivity contribution >= 4 is 22.6 Å². The van der Waals surface area contributed by atoms with Gasteiger partial charge in [-0.2, -0.15) is 0 Å². The number of benzene rings is 1. The van der Waals surface area contributed by atoms with Gasteiger partial charge in [0.15, 0.2) is 5.17 Å². The third-order valence-electron chi connectivity index (χ3n) is 3.72. The van der Waals surface area contributed by atoms with Gasteiger partial charge in [-0.15, -0.1) is 0 Å². The summed E-state index contributed by atoms with van der Waals surface area (Å²) in [5.41, 5.74) is 10.2. The second-order valence-electron chi connectivity index (χ2n) is 5.03. The van der Waals surface area contributed by atoms with Gasteiger partial charge in [0.1, 0.15) is 5.82 Å². The lowest BCUT2D eigenvalue weighted by molar-refractivity contribution is 0.0820. The number of halogens is 3. The molecule has 2 aliphatic rings. The van der Waals surface area contributed by atoms with Crippen LogP contribution in [0.3, 0.4) is 0 Å². The van der Waals surface area contributed by atoms with E-state index in [1.165, 1.54) is 25.1 Å². The van der Waals surface area contributed by atoms with Gasteiger partial charge < -0.3 is 11.5 Å². The van der Waals surface area contributed by atoms with Gasteiger partial charge in [-0.3, -0.25) is 4.99 Å². The van der Waals surface area contributed by atoms with Crippen molar-refractivity contribution in [2.24, 2.45) is 16.6 Å². The maximum absolute atomic E-state index is 14.0. The molecular weight excluding hydrogens is 275 g/mol. The fourth-order valence-corrected chi connectivity index (χ4v) is 4.04. The van der Waals surface area contributed by atoms with Gasteiger partial charge in [0, 0.05) is 11.3 Å². The first-order chi connectivity index (χ1) is 8.76. The first kappa shape index (κ1) is 12.7. The quantitative estimate of drug-likeness (QED) is 0.779. The number of fused-ring (bicyclic) bond motifs is 1. The monoisotopic (exact) mass is 287 g/mol. The largest absolute Gasteiger partial charge is 0.399 e. The second-order valence-corrected chi connectivity index (χ2v) is 6.19. The van der Waals surface area contributed by atoms with Gasteiger partial charge in [0.25, 0.3) is 5.92 Å². The predicted molar refractivity (Wildman–Crippen MR) is 69.6 cm³/mol. The summed E-state index contributed by atoms with van der Waals surface area (Å²) in [6.07, 6.45) is 0. The van der Waals surface area contributed by atoms with Crippen molar-refractivity contribution in [1.29, 1.82) is 0 Å². The number of thioether (sulfide) groups is 1. The molecule has 0 spiro atoms. The minimum Gasteiger partial charge on any atom is -0.399 e. The molecule has 4 N–H and O–H groups in total. The number of nitrogens with two attached hydrogens (primary N) is 2. The molecule has 1 aromatic rings. The fourth-order valence-electron chi connectivity index (χ4n) is 2.73. The van der Waals surface area contributed by atoms with Crippen LogP contribution in [0.25, 0.3) is 0 Å². The van der Waals surface area contributed by atoms with Crippen molar-refractivity contribution < 1.29 is 13.2 Å². The molecule has 102 valence electrons. The maximum atomic E-state index is 14.0. The molecule has 0 saturated heterocycles. The molecule has 3 rings (SSSR count). The maximum Gasteiger partial charge on any atom is 0.267 e. The average Bonchev–Trinajstić information content (AvgIpc) is 2.85. The summed E-state index contributed by atoms with van der Waals surface area (Å²) in [7, 11) is 0. The molecule has 0 radical (unpaired) electrons. The summed E-state index contributed by atoms with van der Waals surface area (Å²) >= 11 is 0.853. The number of rotatable bonds is 1. The molecule has 0 bridgehead atoms. The first-order valence-electron chi connectivity index (χ1n) is 5.72. The van der Waals surface area contributed by atoms with Crippen LogP contribution in [0.2, 0.25) is 0 Å². The van der Waals surface area contributed by atoms with Crippen molar-refractivity contribution in [3.05, 3.63) is 29.6 Å². The molecule has 1 aromatic carbocycles. The second kappa shape index (κ2) is 3.59. The molecule has 3 nitrogen and oxygen atoms in total. The molecule has 1 heterocycles. The SMILES string of the molecule is C[C@]1(c2cc(N)ccc2F)N=C(N)S[C@@H]2C1C2(F)F. The van der Waals surface area contributed by atoms with Crippen LogP contribution in [0, 0.1) is 11.7 Å². The van der Waals surface area contributed by atoms with Gasteiger partial charge in [-0.05, 0) is 25.1 Å². The van der Waals surface area contributed by atoms with Gasteiger partial charge in [-0.25, -0.2) is 13.2 Å². The van der Waals surface area contributed by atoms with E-state index < -0.39 is 28.4 Å². The van der Waals surface area contributed by atoms with Crippen LogP contribution in [-0.2, 0) is 5.54 Å². The van der Waals surface area contributed by atoms with Gasteiger partial charge in [0.05, 0.1) is 16.7 Å². The lowest BCUT2D eigenvalue weighted by atomic mass is 9.86. The van der Waals surface area contributed by atoms with Crippen LogP contribution in [0.4, 0.5) is 18.9 Å². The van der Waals surface area contributed by atoms with Crippen LogP contribution >= 0.6 is 11.8 Å². The number of alkyl halides is 2. The first-order valence-corrected chi connectivity index (χ1v) is 6.60. The third-order valence-corrected chi connectivity index (χ3v) is 4.89. The van der Waals surface area contributed by atoms with E-state index in [2.05, 4.69) is 4.99 Å². The number of nitrogen functional groups attached to an aromatic ring is 1. The highest BCUT2D eigenvalue weighted by Crippen LogP contribution is 2.66. The number of hydrogen-bond acceptors (Lipinski definition) is 4. The molecule has 1 fully saturated rings. The minimum atomic E-state index is -2.89. The number of amidine groups is 1. The Labute approximate surface area is 112 Å². The van der Waals surface area contributed by atoms with Gasteiger partial charge in [0.2, 0.25) is 0 Å². The summed E-state index contributed by atoms with van der Waals surface area (Å²) < 4.78 is 41.5. The highest BCUT2D eigenvalue weighted by molar-refractivity contribution is 8.14. The van der Waals surface area contributed by atoms with Crippen molar-refractivity contribution in [3.8, 4) is 0 Å². The zero-order chi connectivity index (χ0) is 14.0. The molecule has 19 heavy (non-hydrogen) atoms. The molecule has 3 atom stereocenters. The third kappa shape index (κ3) is 1.64. The Kier molecular flexibility index (Phi) is 2.39. The normalized spacial score (nSPS) is 35.5.